The number of benzene rings is 1. The Morgan fingerprint density at radius 3 is 2.46 bits per heavy atom. The van der Waals surface area contributed by atoms with Gasteiger partial charge in [-0.1, -0.05) is 33.8 Å². The maximum absolute atomic E-state index is 13.3. The highest BCUT2D eigenvalue weighted by atomic mass is 19.4. The zero-order valence-electron chi connectivity index (χ0n) is 14.2. The van der Waals surface area contributed by atoms with Gasteiger partial charge in [0.1, 0.15) is 18.1 Å². The molecule has 3 nitrogen and oxygen atoms in total. The summed E-state index contributed by atoms with van der Waals surface area (Å²) in [4.78, 5) is 11.9. The smallest absolute Gasteiger partial charge is 0.432 e. The average Bonchev–Trinajstić information content (AvgIpc) is 2.49. The van der Waals surface area contributed by atoms with E-state index in [0.717, 1.165) is 6.08 Å². The highest BCUT2D eigenvalue weighted by Crippen LogP contribution is 2.43. The Balaban J connectivity index is 2.17. The first kappa shape index (κ1) is 18.4. The minimum Gasteiger partial charge on any atom is -0.486 e. The Labute approximate surface area is 139 Å². The van der Waals surface area contributed by atoms with Crippen LogP contribution in [0.25, 0.3) is 6.08 Å². The summed E-state index contributed by atoms with van der Waals surface area (Å²) >= 11 is 0. The van der Waals surface area contributed by atoms with Crippen LogP contribution in [0, 0.1) is 5.41 Å². The summed E-state index contributed by atoms with van der Waals surface area (Å²) in [6.07, 6.45) is -2.30. The van der Waals surface area contributed by atoms with Gasteiger partial charge in [0.15, 0.2) is 5.78 Å². The van der Waals surface area contributed by atoms with Crippen LogP contribution in [0.5, 0.6) is 11.5 Å². The molecule has 0 N–H and O–H groups in total. The third kappa shape index (κ3) is 3.57. The Bertz CT molecular complexity index is 656. The van der Waals surface area contributed by atoms with E-state index in [2.05, 4.69) is 0 Å². The third-order valence-electron chi connectivity index (χ3n) is 4.02. The molecule has 2 rings (SSSR count). The third-order valence-corrected chi connectivity index (χ3v) is 4.02. The molecule has 1 heterocycles. The van der Waals surface area contributed by atoms with Crippen molar-refractivity contribution in [2.75, 3.05) is 6.61 Å². The van der Waals surface area contributed by atoms with Crippen molar-refractivity contribution in [2.45, 2.75) is 45.9 Å². The molecule has 1 unspecified atom stereocenters. The van der Waals surface area contributed by atoms with Gasteiger partial charge in [-0.25, -0.2) is 0 Å². The zero-order valence-corrected chi connectivity index (χ0v) is 14.2. The molecule has 0 aliphatic carbocycles. The van der Waals surface area contributed by atoms with Gasteiger partial charge in [-0.2, -0.15) is 13.2 Å². The number of halogens is 3. The van der Waals surface area contributed by atoms with E-state index in [1.54, 1.807) is 26.8 Å². The van der Waals surface area contributed by atoms with Crippen LogP contribution in [0.2, 0.25) is 0 Å². The zero-order chi connectivity index (χ0) is 18.2. The summed E-state index contributed by atoms with van der Waals surface area (Å²) in [5.74, 6) is 0.496. The van der Waals surface area contributed by atoms with Crippen LogP contribution in [0.1, 0.15) is 39.7 Å². The summed E-state index contributed by atoms with van der Waals surface area (Å²) in [6, 6.07) is 4.51. The Morgan fingerprint density at radius 1 is 1.25 bits per heavy atom. The van der Waals surface area contributed by atoms with E-state index in [1.165, 1.54) is 25.1 Å². The SMILES string of the molecule is CCC1(C(F)(F)F)C=Cc2cc(OCC(=O)C(C)(C)C)ccc2O1. The van der Waals surface area contributed by atoms with Crippen molar-refractivity contribution in [3.05, 3.63) is 29.8 Å². The fourth-order valence-electron chi connectivity index (χ4n) is 2.20. The molecule has 24 heavy (non-hydrogen) atoms. The molecule has 1 atom stereocenters. The highest BCUT2D eigenvalue weighted by Gasteiger charge is 2.55. The summed E-state index contributed by atoms with van der Waals surface area (Å²) in [7, 11) is 0. The molecule has 0 aromatic heterocycles. The van der Waals surface area contributed by atoms with Gasteiger partial charge >= 0.3 is 6.18 Å². The second-order valence-electron chi connectivity index (χ2n) is 6.84. The van der Waals surface area contributed by atoms with E-state index in [0.29, 0.717) is 11.3 Å². The number of alkyl halides is 3. The van der Waals surface area contributed by atoms with E-state index in [-0.39, 0.29) is 24.6 Å². The van der Waals surface area contributed by atoms with Crippen molar-refractivity contribution in [1.82, 2.24) is 0 Å². The lowest BCUT2D eigenvalue weighted by molar-refractivity contribution is -0.230. The topological polar surface area (TPSA) is 35.5 Å². The van der Waals surface area contributed by atoms with Crippen molar-refractivity contribution in [3.63, 3.8) is 0 Å². The van der Waals surface area contributed by atoms with Crippen molar-refractivity contribution in [1.29, 1.82) is 0 Å². The lowest BCUT2D eigenvalue weighted by Gasteiger charge is -2.35. The van der Waals surface area contributed by atoms with Crippen molar-refractivity contribution in [3.8, 4) is 11.5 Å². The summed E-state index contributed by atoms with van der Waals surface area (Å²) < 4.78 is 50.4. The fraction of sp³-hybridized carbons (Fsp3) is 0.500. The molecule has 0 amide bonds. The first-order valence-electron chi connectivity index (χ1n) is 7.74. The molecule has 0 spiro atoms. The van der Waals surface area contributed by atoms with Crippen LogP contribution >= 0.6 is 0 Å². The van der Waals surface area contributed by atoms with E-state index in [1.807, 2.05) is 0 Å². The molecule has 0 saturated carbocycles. The van der Waals surface area contributed by atoms with Crippen LogP contribution < -0.4 is 9.47 Å². The molecule has 0 radical (unpaired) electrons. The fourth-order valence-corrected chi connectivity index (χ4v) is 2.20. The van der Waals surface area contributed by atoms with E-state index in [9.17, 15) is 18.0 Å². The number of hydrogen-bond acceptors (Lipinski definition) is 3. The monoisotopic (exact) mass is 342 g/mol. The number of ketones is 1. The average molecular weight is 342 g/mol. The lowest BCUT2D eigenvalue weighted by Crippen LogP contribution is -2.49. The second kappa shape index (κ2) is 6.15. The number of fused-ring (bicyclic) bond motifs is 1. The molecule has 132 valence electrons. The molecule has 0 saturated heterocycles. The molecule has 6 heteroatoms. The van der Waals surface area contributed by atoms with Crippen LogP contribution in [-0.2, 0) is 4.79 Å². The number of carbonyl (C=O) groups is 1. The maximum Gasteiger partial charge on any atom is 0.432 e. The Hall–Kier alpha value is -1.98. The van der Waals surface area contributed by atoms with Crippen LogP contribution in [0.15, 0.2) is 24.3 Å². The maximum atomic E-state index is 13.3. The molecular formula is C18H21F3O3. The summed E-state index contributed by atoms with van der Waals surface area (Å²) in [5, 5.41) is 0. The van der Waals surface area contributed by atoms with Gasteiger partial charge in [0.05, 0.1) is 0 Å². The quantitative estimate of drug-likeness (QED) is 0.789. The van der Waals surface area contributed by atoms with Crippen LogP contribution in [-0.4, -0.2) is 24.2 Å². The van der Waals surface area contributed by atoms with Crippen LogP contribution in [0.3, 0.4) is 0 Å². The van der Waals surface area contributed by atoms with E-state index >= 15 is 0 Å². The first-order chi connectivity index (χ1) is 11.0. The van der Waals surface area contributed by atoms with Crippen molar-refractivity contribution in [2.24, 2.45) is 5.41 Å². The standard InChI is InChI=1S/C18H21F3O3/c1-5-17(18(19,20)21)9-8-12-10-13(6-7-14(12)24-17)23-11-15(22)16(2,3)4/h6-10H,5,11H2,1-4H3. The van der Waals surface area contributed by atoms with Crippen molar-refractivity contribution >= 4 is 11.9 Å². The highest BCUT2D eigenvalue weighted by molar-refractivity contribution is 5.85. The number of rotatable bonds is 4. The normalized spacial score (nSPS) is 20.3. The van der Waals surface area contributed by atoms with Crippen molar-refractivity contribution < 1.29 is 27.4 Å². The first-order valence-corrected chi connectivity index (χ1v) is 7.74. The minimum absolute atomic E-state index is 0.0610. The minimum atomic E-state index is -4.50. The van der Waals surface area contributed by atoms with Gasteiger partial charge < -0.3 is 9.47 Å². The predicted octanol–water partition coefficient (Wildman–Crippen LogP) is 4.80. The van der Waals surface area contributed by atoms with Gasteiger partial charge in [0, 0.05) is 11.0 Å². The Morgan fingerprint density at radius 2 is 1.92 bits per heavy atom. The molecule has 1 aromatic rings. The van der Waals surface area contributed by atoms with Gasteiger partial charge in [0.25, 0.3) is 0 Å². The van der Waals surface area contributed by atoms with E-state index < -0.39 is 17.2 Å². The van der Waals surface area contributed by atoms with E-state index in [4.69, 9.17) is 9.47 Å². The second-order valence-corrected chi connectivity index (χ2v) is 6.84. The molecule has 0 fully saturated rings. The van der Waals surface area contributed by atoms with Crippen LogP contribution in [0.4, 0.5) is 13.2 Å². The number of carbonyl (C=O) groups excluding carboxylic acids is 1. The van der Waals surface area contributed by atoms with Gasteiger partial charge in [-0.3, -0.25) is 4.79 Å². The molecular weight excluding hydrogens is 321 g/mol. The molecule has 1 aliphatic rings. The summed E-state index contributed by atoms with van der Waals surface area (Å²) in [6.45, 7) is 6.73. The number of Topliss-reactive ketones (excluding diaryl/α,β-unsaturated/α-hetero) is 1. The Kier molecular flexibility index (Phi) is 4.70. The molecule has 1 aliphatic heterocycles. The predicted molar refractivity (Wildman–Crippen MR) is 85.1 cm³/mol. The van der Waals surface area contributed by atoms with Gasteiger partial charge in [0.2, 0.25) is 5.60 Å². The molecule has 0 bridgehead atoms. The summed E-state index contributed by atoms with van der Waals surface area (Å²) in [5.41, 5.74) is -2.32. The largest absolute Gasteiger partial charge is 0.486 e. The molecule has 1 aromatic carbocycles. The van der Waals surface area contributed by atoms with Gasteiger partial charge in [-0.15, -0.1) is 0 Å². The number of hydrogen-bond donors (Lipinski definition) is 0. The number of ether oxygens (including phenoxy) is 2. The lowest BCUT2D eigenvalue weighted by atomic mass is 9.91. The van der Waals surface area contributed by atoms with Gasteiger partial charge in [-0.05, 0) is 30.7 Å².